The van der Waals surface area contributed by atoms with Gasteiger partial charge in [0.1, 0.15) is 5.82 Å². The first-order chi connectivity index (χ1) is 15.3. The monoisotopic (exact) mass is 413 g/mol. The maximum atomic E-state index is 5.47. The summed E-state index contributed by atoms with van der Waals surface area (Å²) in [5, 5.41) is 9.37. The largest absolute Gasteiger partial charge is 0.493 e. The van der Waals surface area contributed by atoms with Gasteiger partial charge in [0, 0.05) is 41.5 Å². The molecule has 0 aliphatic carbocycles. The second-order valence-corrected chi connectivity index (χ2v) is 7.49. The molecule has 0 saturated carbocycles. The van der Waals surface area contributed by atoms with Crippen LogP contribution in [0.15, 0.2) is 61.1 Å². The number of hydrogen-bond acceptors (Lipinski definition) is 7. The first-order valence-electron chi connectivity index (χ1n) is 10.3. The van der Waals surface area contributed by atoms with Crippen LogP contribution in [0.2, 0.25) is 0 Å². The van der Waals surface area contributed by atoms with Crippen LogP contribution in [0.1, 0.15) is 24.6 Å². The number of nitrogens with zero attached hydrogens (tertiary/aromatic N) is 5. The Morgan fingerprint density at radius 3 is 2.58 bits per heavy atom. The van der Waals surface area contributed by atoms with E-state index in [1.807, 2.05) is 36.7 Å². The zero-order valence-corrected chi connectivity index (χ0v) is 17.5. The normalized spacial score (nSPS) is 15.9. The summed E-state index contributed by atoms with van der Waals surface area (Å²) < 4.78 is 10.9. The topological polar surface area (TPSA) is 73.3 Å². The van der Waals surface area contributed by atoms with Crippen LogP contribution in [-0.2, 0) is 0 Å². The van der Waals surface area contributed by atoms with E-state index in [1.165, 1.54) is 0 Å². The van der Waals surface area contributed by atoms with E-state index in [0.717, 1.165) is 52.9 Å². The summed E-state index contributed by atoms with van der Waals surface area (Å²) in [5.41, 5.74) is 3.77. The van der Waals surface area contributed by atoms with E-state index in [2.05, 4.69) is 38.3 Å². The van der Waals surface area contributed by atoms with Crippen molar-refractivity contribution in [2.24, 2.45) is 0 Å². The fourth-order valence-electron chi connectivity index (χ4n) is 4.25. The van der Waals surface area contributed by atoms with Crippen molar-refractivity contribution in [1.82, 2.24) is 20.2 Å². The molecule has 1 aliphatic rings. The van der Waals surface area contributed by atoms with Crippen molar-refractivity contribution in [3.63, 3.8) is 0 Å². The molecule has 0 spiro atoms. The van der Waals surface area contributed by atoms with Crippen molar-refractivity contribution in [2.75, 3.05) is 25.7 Å². The van der Waals surface area contributed by atoms with Gasteiger partial charge in [0.05, 0.1) is 37.7 Å². The van der Waals surface area contributed by atoms with Gasteiger partial charge < -0.3 is 14.4 Å². The summed E-state index contributed by atoms with van der Waals surface area (Å²) in [4.78, 5) is 11.7. The lowest BCUT2D eigenvalue weighted by atomic mass is 10.0. The summed E-state index contributed by atoms with van der Waals surface area (Å²) in [7, 11) is 3.24. The molecule has 4 aromatic rings. The van der Waals surface area contributed by atoms with Crippen molar-refractivity contribution in [2.45, 2.75) is 18.9 Å². The van der Waals surface area contributed by atoms with Crippen LogP contribution in [0.25, 0.3) is 22.0 Å². The molecule has 0 radical (unpaired) electrons. The predicted molar refractivity (Wildman–Crippen MR) is 119 cm³/mol. The van der Waals surface area contributed by atoms with Gasteiger partial charge in [-0.2, -0.15) is 10.2 Å². The second kappa shape index (κ2) is 8.18. The molecule has 1 aromatic carbocycles. The zero-order valence-electron chi connectivity index (χ0n) is 17.5. The molecule has 1 fully saturated rings. The Morgan fingerprint density at radius 2 is 1.84 bits per heavy atom. The number of hydrogen-bond donors (Lipinski definition) is 0. The van der Waals surface area contributed by atoms with Crippen molar-refractivity contribution in [1.29, 1.82) is 0 Å². The average molecular weight is 413 g/mol. The number of methoxy groups -OCH3 is 2. The SMILES string of the molecule is COc1cc2nncc(-c3ccc(N4CCC[C@@H]4c4ccccn4)nc3)c2cc1OC. The van der Waals surface area contributed by atoms with Crippen LogP contribution in [0, 0.1) is 0 Å². The molecule has 1 atom stereocenters. The molecular weight excluding hydrogens is 390 g/mol. The number of benzene rings is 1. The smallest absolute Gasteiger partial charge is 0.162 e. The minimum absolute atomic E-state index is 0.264. The lowest BCUT2D eigenvalue weighted by Crippen LogP contribution is -2.24. The van der Waals surface area contributed by atoms with Gasteiger partial charge in [0.25, 0.3) is 0 Å². The minimum Gasteiger partial charge on any atom is -0.493 e. The van der Waals surface area contributed by atoms with Crippen molar-refractivity contribution in [3.05, 3.63) is 66.7 Å². The molecule has 1 aliphatic heterocycles. The summed E-state index contributed by atoms with van der Waals surface area (Å²) in [6.45, 7) is 0.977. The highest BCUT2D eigenvalue weighted by Crippen LogP contribution is 2.37. The highest BCUT2D eigenvalue weighted by molar-refractivity contribution is 5.95. The summed E-state index contributed by atoms with van der Waals surface area (Å²) in [6.07, 6.45) is 7.73. The van der Waals surface area contributed by atoms with Gasteiger partial charge in [-0.1, -0.05) is 6.07 Å². The molecule has 0 bridgehead atoms. The van der Waals surface area contributed by atoms with E-state index in [1.54, 1.807) is 20.4 Å². The lowest BCUT2D eigenvalue weighted by Gasteiger charge is -2.25. The zero-order chi connectivity index (χ0) is 21.2. The molecule has 5 rings (SSSR count). The van der Waals surface area contributed by atoms with Crippen LogP contribution in [0.4, 0.5) is 5.82 Å². The molecule has 7 heteroatoms. The third kappa shape index (κ3) is 3.52. The second-order valence-electron chi connectivity index (χ2n) is 7.49. The summed E-state index contributed by atoms with van der Waals surface area (Å²) >= 11 is 0. The molecule has 0 amide bonds. The van der Waals surface area contributed by atoms with Crippen LogP contribution in [0.3, 0.4) is 0 Å². The van der Waals surface area contributed by atoms with Gasteiger partial charge >= 0.3 is 0 Å². The van der Waals surface area contributed by atoms with Gasteiger partial charge in [0.2, 0.25) is 0 Å². The van der Waals surface area contributed by atoms with Gasteiger partial charge in [-0.15, -0.1) is 0 Å². The molecular formula is C24H23N5O2. The first-order valence-corrected chi connectivity index (χ1v) is 10.3. The fourth-order valence-corrected chi connectivity index (χ4v) is 4.25. The van der Waals surface area contributed by atoms with Crippen LogP contribution >= 0.6 is 0 Å². The highest BCUT2D eigenvalue weighted by atomic mass is 16.5. The quantitative estimate of drug-likeness (QED) is 0.479. The molecule has 3 aromatic heterocycles. The van der Waals surface area contributed by atoms with Crippen molar-refractivity contribution < 1.29 is 9.47 Å². The summed E-state index contributed by atoms with van der Waals surface area (Å²) in [5.74, 6) is 2.25. The Bertz CT molecular complexity index is 1200. The Morgan fingerprint density at radius 1 is 0.968 bits per heavy atom. The standard InChI is InChI=1S/C24H23N5O2/c1-30-22-12-17-18(15-27-28-20(17)13-23(22)31-2)16-8-9-24(26-14-16)29-11-5-7-21(29)19-6-3-4-10-25-19/h3-4,6,8-10,12-15,21H,5,7,11H2,1-2H3/t21-/m1/s1. The molecule has 4 heterocycles. The van der Waals surface area contributed by atoms with E-state index in [9.17, 15) is 0 Å². The third-order valence-electron chi connectivity index (χ3n) is 5.78. The van der Waals surface area contributed by atoms with Crippen LogP contribution < -0.4 is 14.4 Å². The van der Waals surface area contributed by atoms with Crippen LogP contribution in [-0.4, -0.2) is 40.9 Å². The molecule has 156 valence electrons. The maximum absolute atomic E-state index is 5.47. The van der Waals surface area contributed by atoms with E-state index < -0.39 is 0 Å². The highest BCUT2D eigenvalue weighted by Gasteiger charge is 2.28. The minimum atomic E-state index is 0.264. The third-order valence-corrected chi connectivity index (χ3v) is 5.78. The van der Waals surface area contributed by atoms with E-state index in [4.69, 9.17) is 14.5 Å². The number of aromatic nitrogens is 4. The van der Waals surface area contributed by atoms with Gasteiger partial charge in [0.15, 0.2) is 11.5 Å². The lowest BCUT2D eigenvalue weighted by molar-refractivity contribution is 0.356. The van der Waals surface area contributed by atoms with Crippen molar-refractivity contribution >= 4 is 16.7 Å². The number of anilines is 1. The van der Waals surface area contributed by atoms with Crippen LogP contribution in [0.5, 0.6) is 11.5 Å². The Kier molecular flexibility index (Phi) is 5.08. The molecule has 1 saturated heterocycles. The fraction of sp³-hybridized carbons (Fsp3) is 0.250. The van der Waals surface area contributed by atoms with Gasteiger partial charge in [-0.05, 0) is 43.2 Å². The van der Waals surface area contributed by atoms with Gasteiger partial charge in [-0.3, -0.25) is 4.98 Å². The Hall–Kier alpha value is -3.74. The maximum Gasteiger partial charge on any atom is 0.162 e. The molecule has 0 N–H and O–H groups in total. The van der Waals surface area contributed by atoms with E-state index >= 15 is 0 Å². The molecule has 31 heavy (non-hydrogen) atoms. The van der Waals surface area contributed by atoms with E-state index in [-0.39, 0.29) is 6.04 Å². The van der Waals surface area contributed by atoms with E-state index in [0.29, 0.717) is 11.5 Å². The molecule has 0 unspecified atom stereocenters. The Balaban J connectivity index is 1.50. The number of ether oxygens (including phenoxy) is 2. The number of fused-ring (bicyclic) bond motifs is 1. The summed E-state index contributed by atoms with van der Waals surface area (Å²) in [6, 6.07) is 14.3. The van der Waals surface area contributed by atoms with Crippen molar-refractivity contribution in [3.8, 4) is 22.6 Å². The predicted octanol–water partition coefficient (Wildman–Crippen LogP) is 4.45. The Labute approximate surface area is 180 Å². The average Bonchev–Trinajstić information content (AvgIpc) is 3.33. The number of pyridine rings is 2. The molecule has 7 nitrogen and oxygen atoms in total. The van der Waals surface area contributed by atoms with Gasteiger partial charge in [-0.25, -0.2) is 4.98 Å². The first kappa shape index (κ1) is 19.2. The number of rotatable bonds is 5.